The molecule has 0 aliphatic carbocycles. The van der Waals surface area contributed by atoms with Gasteiger partial charge >= 0.3 is 5.97 Å². The first-order chi connectivity index (χ1) is 20.8. The Hall–Kier alpha value is -4.11. The van der Waals surface area contributed by atoms with E-state index < -0.39 is 42.8 Å². The highest BCUT2D eigenvalue weighted by atomic mass is 16.7. The smallest absolute Gasteiger partial charge is 0.335 e. The second kappa shape index (κ2) is 13.5. The van der Waals surface area contributed by atoms with Crippen molar-refractivity contribution < 1.29 is 54.0 Å². The minimum Gasteiger partial charge on any atom is -0.493 e. The molecular weight excluding hydrogens is 564 g/mol. The summed E-state index contributed by atoms with van der Waals surface area (Å²) >= 11 is 0. The van der Waals surface area contributed by atoms with E-state index in [1.54, 1.807) is 31.4 Å². The molecule has 1 fully saturated rings. The maximum Gasteiger partial charge on any atom is 0.335 e. The number of carbonyl (C=O) groups is 1. The summed E-state index contributed by atoms with van der Waals surface area (Å²) in [7, 11) is 1.58. The first kappa shape index (κ1) is 30.4. The van der Waals surface area contributed by atoms with Crippen LogP contribution in [0.4, 0.5) is 0 Å². The lowest BCUT2D eigenvalue weighted by atomic mass is 9.99. The molecule has 1 aromatic heterocycles. The third kappa shape index (κ3) is 6.62. The number of H-pyrrole nitrogens is 1. The summed E-state index contributed by atoms with van der Waals surface area (Å²) in [4.78, 5) is 14.7. The van der Waals surface area contributed by atoms with E-state index in [-0.39, 0.29) is 18.9 Å². The van der Waals surface area contributed by atoms with Crippen molar-refractivity contribution in [1.29, 1.82) is 0 Å². The van der Waals surface area contributed by atoms with Gasteiger partial charge in [0.05, 0.1) is 18.1 Å². The van der Waals surface area contributed by atoms with Gasteiger partial charge in [0.15, 0.2) is 17.6 Å². The van der Waals surface area contributed by atoms with E-state index in [4.69, 9.17) is 23.7 Å². The first-order valence-corrected chi connectivity index (χ1v) is 13.7. The van der Waals surface area contributed by atoms with Crippen molar-refractivity contribution in [1.82, 2.24) is 10.3 Å². The van der Waals surface area contributed by atoms with Crippen LogP contribution in [0.2, 0.25) is 0 Å². The van der Waals surface area contributed by atoms with Crippen LogP contribution in [0.1, 0.15) is 0 Å². The number of hydrogen-bond donors (Lipinski definition) is 7. The predicted octanol–water partition coefficient (Wildman–Crippen LogP) is 1.01. The number of aromatic nitrogens is 1. The minimum absolute atomic E-state index is 0.0151. The van der Waals surface area contributed by atoms with E-state index in [0.717, 1.165) is 5.39 Å². The van der Waals surface area contributed by atoms with E-state index >= 15 is 0 Å². The standard InChI is InChI=1S/C30H34N2O11/c1-39-19-8-2-3-9-20(19)40-13-12-31-14-16(33)15-41-21-10-5-7-18-23(21)17-6-4-11-22(24(17)32-18)42-30-27(36)25(34)26(35)28(43-30)29(37)38/h2-11,16,25-28,30-36H,12-15H2,1H3,(H,37,38)/t16-,25+,26+,27-,28+,30-/m1/s1. The molecule has 1 saturated heterocycles. The second-order valence-corrected chi connectivity index (χ2v) is 10.0. The van der Waals surface area contributed by atoms with Gasteiger partial charge in [-0.1, -0.05) is 30.3 Å². The van der Waals surface area contributed by atoms with E-state index in [2.05, 4.69) is 10.3 Å². The fourth-order valence-electron chi connectivity index (χ4n) is 4.89. The molecule has 13 nitrogen and oxygen atoms in total. The number of aromatic amines is 1. The summed E-state index contributed by atoms with van der Waals surface area (Å²) in [6.07, 6.45) is -9.47. The van der Waals surface area contributed by atoms with Crippen molar-refractivity contribution in [3.05, 3.63) is 60.7 Å². The highest BCUT2D eigenvalue weighted by molar-refractivity contribution is 6.12. The Bertz CT molecular complexity index is 1540. The lowest BCUT2D eigenvalue weighted by Gasteiger charge is -2.38. The average Bonchev–Trinajstić information content (AvgIpc) is 3.40. The van der Waals surface area contributed by atoms with Crippen LogP contribution in [0.15, 0.2) is 60.7 Å². The number of aliphatic hydroxyl groups is 4. The van der Waals surface area contributed by atoms with Crippen LogP contribution in [0, 0.1) is 0 Å². The van der Waals surface area contributed by atoms with Gasteiger partial charge in [-0.3, -0.25) is 0 Å². The summed E-state index contributed by atoms with van der Waals surface area (Å²) in [6, 6.07) is 17.9. The van der Waals surface area contributed by atoms with Gasteiger partial charge in [-0.25, -0.2) is 4.79 Å². The number of ether oxygens (including phenoxy) is 5. The molecule has 3 aromatic carbocycles. The highest BCUT2D eigenvalue weighted by Gasteiger charge is 2.48. The molecule has 6 atom stereocenters. The Balaban J connectivity index is 1.22. The van der Waals surface area contributed by atoms with E-state index in [1.807, 2.05) is 36.4 Å². The van der Waals surface area contributed by atoms with Gasteiger partial charge in [0.25, 0.3) is 0 Å². The lowest BCUT2D eigenvalue weighted by molar-refractivity contribution is -0.270. The number of carboxylic acid groups (broad SMARTS) is 1. The molecule has 5 rings (SSSR count). The van der Waals surface area contributed by atoms with Gasteiger partial charge < -0.3 is 59.5 Å². The molecule has 0 bridgehead atoms. The minimum atomic E-state index is -1.83. The van der Waals surface area contributed by atoms with Crippen molar-refractivity contribution in [2.45, 2.75) is 36.8 Å². The number of carboxylic acids is 1. The largest absolute Gasteiger partial charge is 0.493 e. The first-order valence-electron chi connectivity index (χ1n) is 13.7. The summed E-state index contributed by atoms with van der Waals surface area (Å²) in [5, 5.41) is 54.9. The molecule has 7 N–H and O–H groups in total. The third-order valence-electron chi connectivity index (χ3n) is 7.05. The monoisotopic (exact) mass is 598 g/mol. The Morgan fingerprint density at radius 1 is 0.930 bits per heavy atom. The lowest BCUT2D eigenvalue weighted by Crippen LogP contribution is -2.61. The Labute approximate surface area is 246 Å². The van der Waals surface area contributed by atoms with Crippen molar-refractivity contribution in [3.63, 3.8) is 0 Å². The summed E-state index contributed by atoms with van der Waals surface area (Å²) < 4.78 is 28.1. The summed E-state index contributed by atoms with van der Waals surface area (Å²) in [5.74, 6) is 0.510. The normalized spacial score (nSPS) is 22.8. The van der Waals surface area contributed by atoms with E-state index in [9.17, 15) is 30.3 Å². The molecular formula is C30H34N2O11. The van der Waals surface area contributed by atoms with Crippen molar-refractivity contribution in [2.24, 2.45) is 0 Å². The Kier molecular flexibility index (Phi) is 9.50. The van der Waals surface area contributed by atoms with Crippen molar-refractivity contribution in [2.75, 3.05) is 33.4 Å². The van der Waals surface area contributed by atoms with E-state index in [1.165, 1.54) is 0 Å². The number of nitrogens with one attached hydrogen (secondary N) is 2. The molecule has 0 saturated carbocycles. The van der Waals surface area contributed by atoms with Crippen LogP contribution in [-0.2, 0) is 9.53 Å². The zero-order valence-electron chi connectivity index (χ0n) is 23.3. The number of benzene rings is 3. The molecule has 0 radical (unpaired) electrons. The molecule has 1 aliphatic heterocycles. The molecule has 2 heterocycles. The van der Waals surface area contributed by atoms with Gasteiger partial charge in [-0.2, -0.15) is 0 Å². The number of methoxy groups -OCH3 is 1. The summed E-state index contributed by atoms with van der Waals surface area (Å²) in [5.41, 5.74) is 1.21. The van der Waals surface area contributed by atoms with Crippen LogP contribution in [0.5, 0.6) is 23.0 Å². The van der Waals surface area contributed by atoms with E-state index in [0.29, 0.717) is 46.8 Å². The molecule has 0 spiro atoms. The zero-order valence-corrected chi connectivity index (χ0v) is 23.3. The molecule has 230 valence electrons. The molecule has 0 unspecified atom stereocenters. The number of rotatable bonds is 13. The number of aliphatic hydroxyl groups excluding tert-OH is 4. The fourth-order valence-corrected chi connectivity index (χ4v) is 4.89. The number of fused-ring (bicyclic) bond motifs is 3. The quantitative estimate of drug-likeness (QED) is 0.108. The van der Waals surface area contributed by atoms with Gasteiger partial charge in [0, 0.05) is 23.9 Å². The maximum absolute atomic E-state index is 11.5. The molecule has 43 heavy (non-hydrogen) atoms. The SMILES string of the molecule is COc1ccccc1OCCNC[C@@H](O)COc1cccc2[nH]c3c(O[C@@H]4O[C@H](C(=O)O)[C@@H](O)[C@H](O)[C@H]4O)cccc3c12. The Morgan fingerprint density at radius 3 is 2.42 bits per heavy atom. The van der Waals surface area contributed by atoms with Crippen LogP contribution in [0.25, 0.3) is 21.8 Å². The van der Waals surface area contributed by atoms with Crippen LogP contribution >= 0.6 is 0 Å². The molecule has 1 aliphatic rings. The topological polar surface area (TPSA) is 192 Å². The maximum atomic E-state index is 11.5. The van der Waals surface area contributed by atoms with Crippen LogP contribution < -0.4 is 24.3 Å². The van der Waals surface area contributed by atoms with Crippen molar-refractivity contribution in [3.8, 4) is 23.0 Å². The van der Waals surface area contributed by atoms with Crippen LogP contribution in [-0.4, -0.2) is 107 Å². The molecule has 0 amide bonds. The Morgan fingerprint density at radius 2 is 1.65 bits per heavy atom. The second-order valence-electron chi connectivity index (χ2n) is 10.0. The van der Waals surface area contributed by atoms with Crippen molar-refractivity contribution >= 4 is 27.8 Å². The van der Waals surface area contributed by atoms with Gasteiger partial charge in [0.1, 0.15) is 49.1 Å². The average molecular weight is 599 g/mol. The highest BCUT2D eigenvalue weighted by Crippen LogP contribution is 2.38. The number of aliphatic carboxylic acids is 1. The van der Waals surface area contributed by atoms with Crippen LogP contribution in [0.3, 0.4) is 0 Å². The fraction of sp³-hybridized carbons (Fsp3) is 0.367. The zero-order chi connectivity index (χ0) is 30.5. The van der Waals surface area contributed by atoms with Gasteiger partial charge in [-0.15, -0.1) is 0 Å². The van der Waals surface area contributed by atoms with Gasteiger partial charge in [-0.05, 0) is 30.3 Å². The third-order valence-corrected chi connectivity index (χ3v) is 7.05. The predicted molar refractivity (Wildman–Crippen MR) is 154 cm³/mol. The molecule has 4 aromatic rings. The number of hydrogen-bond acceptors (Lipinski definition) is 11. The number of para-hydroxylation sites is 3. The summed E-state index contributed by atoms with van der Waals surface area (Å²) in [6.45, 7) is 1.17. The molecule has 13 heteroatoms. The van der Waals surface area contributed by atoms with Gasteiger partial charge in [0.2, 0.25) is 6.29 Å².